The maximum Gasteiger partial charge on any atom is 0.351 e. The number of anilines is 1. The number of rotatable bonds is 4. The number of ether oxygens (including phenoxy) is 1. The Morgan fingerprint density at radius 3 is 2.95 bits per heavy atom. The highest BCUT2D eigenvalue weighted by atomic mass is 35.7. The molecule has 0 aromatic carbocycles. The average molecular weight is 339 g/mol. The van der Waals surface area contributed by atoms with Crippen molar-refractivity contribution in [3.05, 3.63) is 10.4 Å². The normalized spacial score (nSPS) is 19.4. The smallest absolute Gasteiger partial charge is 0.351 e. The first kappa shape index (κ1) is 15.2. The van der Waals surface area contributed by atoms with Gasteiger partial charge in [-0.3, -0.25) is 9.69 Å². The summed E-state index contributed by atoms with van der Waals surface area (Å²) in [6.07, 6.45) is 0.0596. The zero-order valence-electron chi connectivity index (χ0n) is 10.4. The Morgan fingerprint density at radius 2 is 2.35 bits per heavy atom. The number of carbonyl (C=O) groups is 2. The highest BCUT2D eigenvalue weighted by molar-refractivity contribution is 8.13. The van der Waals surface area contributed by atoms with E-state index >= 15 is 0 Å². The first-order valence-electron chi connectivity index (χ1n) is 5.56. The van der Waals surface area contributed by atoms with Crippen LogP contribution >= 0.6 is 22.0 Å². The van der Waals surface area contributed by atoms with Gasteiger partial charge >= 0.3 is 5.97 Å². The Kier molecular flexibility index (Phi) is 4.31. The monoisotopic (exact) mass is 338 g/mol. The van der Waals surface area contributed by atoms with E-state index in [1.54, 1.807) is 0 Å². The number of hydrogen-bond acceptors (Lipinski definition) is 7. The zero-order chi connectivity index (χ0) is 14.9. The number of esters is 1. The van der Waals surface area contributed by atoms with Crippen LogP contribution in [0.25, 0.3) is 0 Å². The number of carbonyl (C=O) groups excluding carboxylic acids is 2. The Hall–Kier alpha value is -1.19. The number of aromatic nitrogens is 1. The molecule has 1 atom stereocenters. The summed E-state index contributed by atoms with van der Waals surface area (Å²) in [7, 11) is 2.76. The zero-order valence-corrected chi connectivity index (χ0v) is 12.8. The quantitative estimate of drug-likeness (QED) is 0.597. The van der Waals surface area contributed by atoms with Gasteiger partial charge in [-0.1, -0.05) is 0 Å². The molecule has 0 spiro atoms. The van der Waals surface area contributed by atoms with Crippen molar-refractivity contribution in [1.82, 2.24) is 4.98 Å². The number of nitrogens with zero attached hydrogens (tertiary/aromatic N) is 2. The van der Waals surface area contributed by atoms with E-state index in [-0.39, 0.29) is 35.3 Å². The van der Waals surface area contributed by atoms with Crippen LogP contribution in [0.3, 0.4) is 0 Å². The average Bonchev–Trinajstić information content (AvgIpc) is 2.92. The lowest BCUT2D eigenvalue weighted by Crippen LogP contribution is -2.27. The van der Waals surface area contributed by atoms with E-state index in [1.165, 1.54) is 17.5 Å². The van der Waals surface area contributed by atoms with Gasteiger partial charge in [0.2, 0.25) is 15.0 Å². The fraction of sp³-hybridized carbons (Fsp3) is 0.500. The molecule has 1 aromatic rings. The molecule has 2 heterocycles. The second kappa shape index (κ2) is 5.66. The third-order valence-electron chi connectivity index (χ3n) is 2.81. The summed E-state index contributed by atoms with van der Waals surface area (Å²) >= 11 is 1.06. The van der Waals surface area contributed by atoms with Crippen molar-refractivity contribution in [2.75, 3.05) is 24.3 Å². The van der Waals surface area contributed by atoms with Crippen molar-refractivity contribution in [2.24, 2.45) is 5.92 Å². The van der Waals surface area contributed by atoms with Gasteiger partial charge in [-0.25, -0.2) is 18.2 Å². The Labute approximate surface area is 123 Å². The summed E-state index contributed by atoms with van der Waals surface area (Å²) in [5.74, 6) is -1.34. The number of halogens is 1. The minimum absolute atomic E-state index is 0.0596. The van der Waals surface area contributed by atoms with Crippen LogP contribution in [0.15, 0.2) is 5.51 Å². The summed E-state index contributed by atoms with van der Waals surface area (Å²) in [4.78, 5) is 29.0. The molecule has 0 bridgehead atoms. The predicted molar refractivity (Wildman–Crippen MR) is 73.6 cm³/mol. The van der Waals surface area contributed by atoms with Gasteiger partial charge in [-0.15, -0.1) is 11.3 Å². The molecule has 110 valence electrons. The van der Waals surface area contributed by atoms with E-state index in [1.807, 2.05) is 0 Å². The van der Waals surface area contributed by atoms with Crippen molar-refractivity contribution in [3.63, 3.8) is 0 Å². The summed E-state index contributed by atoms with van der Waals surface area (Å²) in [5.41, 5.74) is 1.43. The number of thiazole rings is 1. The van der Waals surface area contributed by atoms with Gasteiger partial charge in [-0.2, -0.15) is 0 Å². The van der Waals surface area contributed by atoms with E-state index in [0.717, 1.165) is 11.3 Å². The minimum Gasteiger partial charge on any atom is -0.465 e. The van der Waals surface area contributed by atoms with Crippen LogP contribution in [0.1, 0.15) is 16.1 Å². The molecule has 0 aliphatic carbocycles. The van der Waals surface area contributed by atoms with Gasteiger partial charge in [-0.05, 0) is 0 Å². The second-order valence-corrected chi connectivity index (χ2v) is 7.95. The van der Waals surface area contributed by atoms with E-state index in [0.29, 0.717) is 0 Å². The van der Waals surface area contributed by atoms with E-state index in [9.17, 15) is 18.0 Å². The van der Waals surface area contributed by atoms with Gasteiger partial charge in [0.15, 0.2) is 10.7 Å². The van der Waals surface area contributed by atoms with Crippen molar-refractivity contribution in [3.8, 4) is 0 Å². The standard InChI is InChI=1S/C10H11ClN2O5S2/c1-18-10(15)8-9(12-5-19-8)13-3-6(2-7(13)14)4-20(11,16)17/h5-6H,2-4H2,1H3. The van der Waals surface area contributed by atoms with Crippen LogP contribution in [-0.2, 0) is 18.6 Å². The largest absolute Gasteiger partial charge is 0.465 e. The number of methoxy groups -OCH3 is 1. The van der Waals surface area contributed by atoms with Crippen molar-refractivity contribution in [2.45, 2.75) is 6.42 Å². The lowest BCUT2D eigenvalue weighted by Gasteiger charge is -2.14. The predicted octanol–water partition coefficient (Wildman–Crippen LogP) is 0.851. The molecular weight excluding hydrogens is 328 g/mol. The van der Waals surface area contributed by atoms with Crippen LogP contribution in [0, 0.1) is 5.92 Å². The van der Waals surface area contributed by atoms with Crippen molar-refractivity contribution >= 4 is 48.8 Å². The molecule has 0 N–H and O–H groups in total. The fourth-order valence-electron chi connectivity index (χ4n) is 2.04. The molecule has 7 nitrogen and oxygen atoms in total. The molecule has 1 aliphatic heterocycles. The molecule has 1 unspecified atom stereocenters. The SMILES string of the molecule is COC(=O)c1scnc1N1CC(CS(=O)(=O)Cl)CC1=O. The first-order valence-corrected chi connectivity index (χ1v) is 8.92. The Balaban J connectivity index is 2.20. The molecule has 1 aromatic heterocycles. The summed E-state index contributed by atoms with van der Waals surface area (Å²) in [5, 5.41) is 0. The highest BCUT2D eigenvalue weighted by Gasteiger charge is 2.36. The molecule has 1 fully saturated rings. The van der Waals surface area contributed by atoms with Gasteiger partial charge < -0.3 is 4.74 Å². The third kappa shape index (κ3) is 3.28. The highest BCUT2D eigenvalue weighted by Crippen LogP contribution is 2.30. The molecule has 1 aliphatic rings. The molecule has 1 amide bonds. The van der Waals surface area contributed by atoms with Crippen LogP contribution < -0.4 is 4.90 Å². The molecule has 0 radical (unpaired) electrons. The van der Waals surface area contributed by atoms with Gasteiger partial charge in [0.25, 0.3) is 0 Å². The number of hydrogen-bond donors (Lipinski definition) is 0. The van der Waals surface area contributed by atoms with Crippen molar-refractivity contribution in [1.29, 1.82) is 0 Å². The lowest BCUT2D eigenvalue weighted by atomic mass is 10.1. The molecule has 2 rings (SSSR count). The first-order chi connectivity index (χ1) is 9.31. The Morgan fingerprint density at radius 1 is 1.65 bits per heavy atom. The number of amides is 1. The van der Waals surface area contributed by atoms with Crippen molar-refractivity contribution < 1.29 is 22.7 Å². The fourth-order valence-corrected chi connectivity index (χ4v) is 4.07. The maximum absolute atomic E-state index is 11.9. The molecular formula is C10H11ClN2O5S2. The van der Waals surface area contributed by atoms with Gasteiger partial charge in [0.1, 0.15) is 0 Å². The minimum atomic E-state index is -3.67. The van der Waals surface area contributed by atoms with Gasteiger partial charge in [0.05, 0.1) is 18.4 Å². The van der Waals surface area contributed by atoms with E-state index in [2.05, 4.69) is 9.72 Å². The molecule has 1 saturated heterocycles. The second-order valence-electron chi connectivity index (χ2n) is 4.28. The van der Waals surface area contributed by atoms with Gasteiger partial charge in [0, 0.05) is 29.6 Å². The van der Waals surface area contributed by atoms with Crippen LogP contribution in [0.2, 0.25) is 0 Å². The van der Waals surface area contributed by atoms with Crippen LogP contribution in [0.4, 0.5) is 5.82 Å². The molecule has 10 heteroatoms. The van der Waals surface area contributed by atoms with Crippen LogP contribution in [0.5, 0.6) is 0 Å². The van der Waals surface area contributed by atoms with E-state index in [4.69, 9.17) is 10.7 Å². The lowest BCUT2D eigenvalue weighted by molar-refractivity contribution is -0.117. The van der Waals surface area contributed by atoms with Crippen LogP contribution in [-0.4, -0.2) is 44.7 Å². The molecule has 0 saturated carbocycles. The topological polar surface area (TPSA) is 93.6 Å². The maximum atomic E-state index is 11.9. The third-order valence-corrected chi connectivity index (χ3v) is 4.86. The summed E-state index contributed by atoms with van der Waals surface area (Å²) < 4.78 is 26.7. The molecule has 20 heavy (non-hydrogen) atoms. The summed E-state index contributed by atoms with van der Waals surface area (Å²) in [6.45, 7) is 0.165. The Bertz CT molecular complexity index is 642. The van der Waals surface area contributed by atoms with E-state index < -0.39 is 20.9 Å². The summed E-state index contributed by atoms with van der Waals surface area (Å²) in [6, 6.07) is 0.